The van der Waals surface area contributed by atoms with E-state index in [2.05, 4.69) is 5.32 Å². The van der Waals surface area contributed by atoms with Crippen LogP contribution in [0.4, 0.5) is 5.69 Å². The van der Waals surface area contributed by atoms with Crippen molar-refractivity contribution in [3.05, 3.63) is 77.5 Å². The number of pyridine rings is 1. The smallest absolute Gasteiger partial charge is 0.259 e. The van der Waals surface area contributed by atoms with Crippen LogP contribution in [-0.4, -0.2) is 15.3 Å². The highest BCUT2D eigenvalue weighted by Crippen LogP contribution is 2.29. The van der Waals surface area contributed by atoms with E-state index in [-0.39, 0.29) is 5.91 Å². The highest BCUT2D eigenvalue weighted by Gasteiger charge is 2.16. The maximum absolute atomic E-state index is 12.7. The van der Waals surface area contributed by atoms with Crippen molar-refractivity contribution in [3.63, 3.8) is 0 Å². The van der Waals surface area contributed by atoms with Gasteiger partial charge in [0, 0.05) is 18.0 Å². The lowest BCUT2D eigenvalue weighted by Gasteiger charge is -2.09. The zero-order valence-corrected chi connectivity index (χ0v) is 14.9. The van der Waals surface area contributed by atoms with Crippen molar-refractivity contribution in [1.82, 2.24) is 9.38 Å². The molecule has 0 fully saturated rings. The molecule has 0 radical (unpaired) electrons. The number of aryl methyl sites for hydroxylation is 3. The monoisotopic (exact) mass is 345 g/mol. The minimum Gasteiger partial charge on any atom is -0.466 e. The van der Waals surface area contributed by atoms with E-state index in [1.807, 2.05) is 67.0 Å². The average molecular weight is 345 g/mol. The van der Waals surface area contributed by atoms with E-state index < -0.39 is 0 Å². The van der Waals surface area contributed by atoms with Gasteiger partial charge in [-0.1, -0.05) is 24.3 Å². The van der Waals surface area contributed by atoms with Gasteiger partial charge in [0.25, 0.3) is 5.91 Å². The fourth-order valence-corrected chi connectivity index (χ4v) is 3.14. The summed E-state index contributed by atoms with van der Waals surface area (Å²) in [6, 6.07) is 13.5. The third-order valence-electron chi connectivity index (χ3n) is 4.41. The Morgan fingerprint density at radius 1 is 1.12 bits per heavy atom. The molecule has 4 rings (SSSR count). The van der Waals surface area contributed by atoms with Gasteiger partial charge in [0.2, 0.25) is 0 Å². The molecule has 5 heteroatoms. The number of amides is 1. The number of benzene rings is 1. The van der Waals surface area contributed by atoms with Gasteiger partial charge in [0.05, 0.1) is 16.9 Å². The molecule has 0 saturated heterocycles. The van der Waals surface area contributed by atoms with E-state index in [1.54, 1.807) is 13.0 Å². The third kappa shape index (κ3) is 2.77. The Morgan fingerprint density at radius 3 is 2.65 bits per heavy atom. The number of hydrogen-bond acceptors (Lipinski definition) is 3. The number of hydrogen-bond donors (Lipinski definition) is 1. The lowest BCUT2D eigenvalue weighted by atomic mass is 10.1. The summed E-state index contributed by atoms with van der Waals surface area (Å²) in [5.41, 5.74) is 4.96. The molecule has 0 aliphatic carbocycles. The van der Waals surface area contributed by atoms with Crippen LogP contribution in [0.1, 0.15) is 27.4 Å². The largest absolute Gasteiger partial charge is 0.466 e. The van der Waals surface area contributed by atoms with Crippen molar-refractivity contribution >= 4 is 17.2 Å². The quantitative estimate of drug-likeness (QED) is 0.582. The fourth-order valence-electron chi connectivity index (χ4n) is 3.14. The lowest BCUT2D eigenvalue weighted by Crippen LogP contribution is -2.12. The Kier molecular flexibility index (Phi) is 3.84. The molecule has 1 aromatic carbocycles. The normalized spacial score (nSPS) is 11.0. The van der Waals surface area contributed by atoms with Gasteiger partial charge in [-0.05, 0) is 44.5 Å². The van der Waals surface area contributed by atoms with E-state index in [4.69, 9.17) is 9.40 Å². The van der Waals surface area contributed by atoms with E-state index in [0.717, 1.165) is 33.9 Å². The van der Waals surface area contributed by atoms with Crippen LogP contribution in [0, 0.1) is 20.8 Å². The summed E-state index contributed by atoms with van der Waals surface area (Å²) in [6.07, 6.45) is 3.94. The molecule has 0 aliphatic heterocycles. The van der Waals surface area contributed by atoms with Crippen molar-refractivity contribution in [2.45, 2.75) is 20.8 Å². The minimum absolute atomic E-state index is 0.188. The van der Waals surface area contributed by atoms with Gasteiger partial charge >= 0.3 is 0 Å². The van der Waals surface area contributed by atoms with Gasteiger partial charge in [0.1, 0.15) is 17.2 Å². The molecule has 0 saturated carbocycles. The Bertz CT molecular complexity index is 1120. The Balaban J connectivity index is 1.73. The van der Waals surface area contributed by atoms with E-state index in [9.17, 15) is 4.79 Å². The molecule has 0 spiro atoms. The first-order valence-electron chi connectivity index (χ1n) is 8.45. The van der Waals surface area contributed by atoms with Gasteiger partial charge in [-0.3, -0.25) is 4.79 Å². The predicted molar refractivity (Wildman–Crippen MR) is 102 cm³/mol. The van der Waals surface area contributed by atoms with Crippen molar-refractivity contribution in [3.8, 4) is 11.3 Å². The molecule has 1 amide bonds. The number of para-hydroxylation sites is 1. The summed E-state index contributed by atoms with van der Waals surface area (Å²) < 4.78 is 7.46. The number of rotatable bonds is 3. The van der Waals surface area contributed by atoms with E-state index in [0.29, 0.717) is 11.3 Å². The van der Waals surface area contributed by atoms with Gasteiger partial charge in [-0.25, -0.2) is 4.98 Å². The van der Waals surface area contributed by atoms with Crippen molar-refractivity contribution < 1.29 is 9.21 Å². The standard InChI is InChI=1S/C21H19N3O2/c1-13-7-6-10-24-12-19(22-20(13)24)16-8-4-5-9-18(16)23-21(25)17-11-14(2)26-15(17)3/h4-12H,1-3H3,(H,23,25). The molecule has 4 aromatic rings. The number of imidazole rings is 1. The third-order valence-corrected chi connectivity index (χ3v) is 4.41. The van der Waals surface area contributed by atoms with Crippen LogP contribution in [0.3, 0.4) is 0 Å². The van der Waals surface area contributed by atoms with Gasteiger partial charge in [-0.2, -0.15) is 0 Å². The first-order chi connectivity index (χ1) is 12.5. The lowest BCUT2D eigenvalue weighted by molar-refractivity contribution is 0.102. The fraction of sp³-hybridized carbons (Fsp3) is 0.143. The van der Waals surface area contributed by atoms with E-state index in [1.165, 1.54) is 0 Å². The average Bonchev–Trinajstić information content (AvgIpc) is 3.19. The van der Waals surface area contributed by atoms with Crippen LogP contribution in [0.15, 0.2) is 59.3 Å². The molecular formula is C21H19N3O2. The summed E-state index contributed by atoms with van der Waals surface area (Å²) in [7, 11) is 0. The molecule has 0 aliphatic rings. The number of aromatic nitrogens is 2. The SMILES string of the molecule is Cc1cc(C(=O)Nc2ccccc2-c2cn3cccc(C)c3n2)c(C)o1. The first kappa shape index (κ1) is 16.1. The van der Waals surface area contributed by atoms with Crippen LogP contribution in [-0.2, 0) is 0 Å². The molecule has 5 nitrogen and oxygen atoms in total. The zero-order chi connectivity index (χ0) is 18.3. The topological polar surface area (TPSA) is 59.5 Å². The number of carbonyl (C=O) groups is 1. The Morgan fingerprint density at radius 2 is 1.92 bits per heavy atom. The van der Waals surface area contributed by atoms with Gasteiger partial charge in [-0.15, -0.1) is 0 Å². The predicted octanol–water partition coefficient (Wildman–Crippen LogP) is 4.77. The minimum atomic E-state index is -0.188. The molecule has 3 aromatic heterocycles. The number of nitrogens with zero attached hydrogens (tertiary/aromatic N) is 2. The highest BCUT2D eigenvalue weighted by molar-refractivity contribution is 6.06. The van der Waals surface area contributed by atoms with Crippen LogP contribution in [0.25, 0.3) is 16.9 Å². The van der Waals surface area contributed by atoms with Crippen molar-refractivity contribution in [2.24, 2.45) is 0 Å². The molecule has 0 bridgehead atoms. The van der Waals surface area contributed by atoms with Crippen molar-refractivity contribution in [2.75, 3.05) is 5.32 Å². The second-order valence-corrected chi connectivity index (χ2v) is 6.37. The highest BCUT2D eigenvalue weighted by atomic mass is 16.3. The summed E-state index contributed by atoms with van der Waals surface area (Å²) in [5.74, 6) is 1.14. The van der Waals surface area contributed by atoms with Crippen LogP contribution in [0.2, 0.25) is 0 Å². The number of fused-ring (bicyclic) bond motifs is 1. The molecule has 3 heterocycles. The van der Waals surface area contributed by atoms with Gasteiger partial charge < -0.3 is 14.1 Å². The summed E-state index contributed by atoms with van der Waals surface area (Å²) in [6.45, 7) is 5.65. The first-order valence-corrected chi connectivity index (χ1v) is 8.45. The van der Waals surface area contributed by atoms with Crippen LogP contribution >= 0.6 is 0 Å². The van der Waals surface area contributed by atoms with Crippen LogP contribution < -0.4 is 5.32 Å². The number of carbonyl (C=O) groups excluding carboxylic acids is 1. The maximum atomic E-state index is 12.7. The molecule has 0 atom stereocenters. The van der Waals surface area contributed by atoms with Gasteiger partial charge in [0.15, 0.2) is 0 Å². The molecule has 130 valence electrons. The second kappa shape index (κ2) is 6.19. The molecule has 0 unspecified atom stereocenters. The summed E-state index contributed by atoms with van der Waals surface area (Å²) in [5, 5.41) is 2.99. The summed E-state index contributed by atoms with van der Waals surface area (Å²) >= 11 is 0. The summed E-state index contributed by atoms with van der Waals surface area (Å²) in [4.78, 5) is 17.4. The Labute approximate surface area is 151 Å². The Hall–Kier alpha value is -3.34. The van der Waals surface area contributed by atoms with Crippen LogP contribution in [0.5, 0.6) is 0 Å². The van der Waals surface area contributed by atoms with E-state index >= 15 is 0 Å². The molecule has 26 heavy (non-hydrogen) atoms. The molecule has 1 N–H and O–H groups in total. The maximum Gasteiger partial charge on any atom is 0.259 e. The second-order valence-electron chi connectivity index (χ2n) is 6.37. The number of anilines is 1. The number of nitrogens with one attached hydrogen (secondary N) is 1. The zero-order valence-electron chi connectivity index (χ0n) is 14.9. The number of furan rings is 1. The molecular weight excluding hydrogens is 326 g/mol. The van der Waals surface area contributed by atoms with Crippen molar-refractivity contribution in [1.29, 1.82) is 0 Å².